The molecule has 12 heteroatoms. The monoisotopic (exact) mass is 508 g/mol. The van der Waals surface area contributed by atoms with Crippen molar-refractivity contribution >= 4 is 11.8 Å². The zero-order valence-electron chi connectivity index (χ0n) is 19.8. The van der Waals surface area contributed by atoms with Gasteiger partial charge in [0.1, 0.15) is 11.6 Å². The number of aromatic nitrogens is 1. The number of aliphatic hydroxyl groups excluding tert-OH is 1. The minimum Gasteiger partial charge on any atom is -0.406 e. The number of nitrogens with one attached hydrogen (secondary N) is 2. The highest BCUT2D eigenvalue weighted by atomic mass is 19.4. The lowest BCUT2D eigenvalue weighted by atomic mass is 9.90. The number of carbonyl (C=O) groups is 1. The molecule has 1 atom stereocenters. The van der Waals surface area contributed by atoms with Gasteiger partial charge in [0.25, 0.3) is 11.8 Å². The average Bonchev–Trinajstić information content (AvgIpc) is 2.83. The third-order valence-corrected chi connectivity index (χ3v) is 5.16. The quantitative estimate of drug-likeness (QED) is 0.257. The number of rotatable bonds is 10. The summed E-state index contributed by atoms with van der Waals surface area (Å²) >= 11 is 0. The van der Waals surface area contributed by atoms with Gasteiger partial charge in [0, 0.05) is 44.1 Å². The number of benzene rings is 1. The van der Waals surface area contributed by atoms with Crippen molar-refractivity contribution < 1.29 is 37.6 Å². The molecule has 1 aliphatic rings. The van der Waals surface area contributed by atoms with Crippen molar-refractivity contribution in [3.63, 3.8) is 0 Å². The molecule has 0 fully saturated rings. The molecular weight excluding hydrogens is 481 g/mol. The van der Waals surface area contributed by atoms with E-state index >= 15 is 0 Å². The fraction of sp³-hybridized carbons (Fsp3) is 0.375. The van der Waals surface area contributed by atoms with Crippen LogP contribution in [0.4, 0.5) is 13.2 Å². The third kappa shape index (κ3) is 7.87. The smallest absolute Gasteiger partial charge is 0.406 e. The van der Waals surface area contributed by atoms with Crippen LogP contribution in [0.2, 0.25) is 0 Å². The molecule has 1 unspecified atom stereocenters. The number of halogens is 3. The normalized spacial score (nSPS) is 15.7. The van der Waals surface area contributed by atoms with E-state index in [0.29, 0.717) is 25.0 Å². The standard InChI is InChI=1S/C24H27F3N4O5/c1-15-7-8-16(14-30-15)11-17-12-20(22(33)29-9-4-10-32)21(28-2)31-23(17)36-35-19-6-3-5-18(13-19)34-24(25,26)27/h3,5-8,13-14,17,28,32H,4,9-12H2,1-2H3,(H,29,33). The largest absolute Gasteiger partial charge is 0.573 e. The maximum Gasteiger partial charge on any atom is 0.573 e. The summed E-state index contributed by atoms with van der Waals surface area (Å²) in [6.07, 6.45) is -2.06. The van der Waals surface area contributed by atoms with Gasteiger partial charge in [-0.25, -0.2) is 0 Å². The van der Waals surface area contributed by atoms with Gasteiger partial charge < -0.3 is 20.5 Å². The molecule has 2 heterocycles. The van der Waals surface area contributed by atoms with Gasteiger partial charge in [-0.2, -0.15) is 4.99 Å². The number of alkyl halides is 3. The van der Waals surface area contributed by atoms with Crippen molar-refractivity contribution in [2.24, 2.45) is 10.9 Å². The number of aliphatic imine (C=N–C) groups is 1. The Balaban J connectivity index is 1.83. The topological polar surface area (TPSA) is 114 Å². The molecule has 0 aliphatic carbocycles. The molecule has 36 heavy (non-hydrogen) atoms. The third-order valence-electron chi connectivity index (χ3n) is 5.16. The van der Waals surface area contributed by atoms with E-state index in [2.05, 4.69) is 25.3 Å². The number of amides is 1. The lowest BCUT2D eigenvalue weighted by Gasteiger charge is -2.25. The number of hydrogen-bond acceptors (Lipinski definition) is 8. The first kappa shape index (κ1) is 26.8. The Hall–Kier alpha value is -3.80. The number of aliphatic hydroxyl groups is 1. The van der Waals surface area contributed by atoms with E-state index in [9.17, 15) is 18.0 Å². The number of pyridine rings is 1. The van der Waals surface area contributed by atoms with Gasteiger partial charge in [0.05, 0.1) is 5.57 Å². The highest BCUT2D eigenvalue weighted by Crippen LogP contribution is 2.29. The van der Waals surface area contributed by atoms with Crippen LogP contribution in [0.5, 0.6) is 11.5 Å². The van der Waals surface area contributed by atoms with Crippen LogP contribution in [0.1, 0.15) is 24.1 Å². The van der Waals surface area contributed by atoms with Gasteiger partial charge >= 0.3 is 6.36 Å². The van der Waals surface area contributed by atoms with Crippen LogP contribution in [0, 0.1) is 12.8 Å². The van der Waals surface area contributed by atoms with Crippen molar-refractivity contribution in [1.82, 2.24) is 15.6 Å². The van der Waals surface area contributed by atoms with E-state index in [1.807, 2.05) is 19.1 Å². The van der Waals surface area contributed by atoms with Crippen molar-refractivity contribution in [3.8, 4) is 11.5 Å². The molecule has 9 nitrogen and oxygen atoms in total. The molecule has 1 aromatic carbocycles. The lowest BCUT2D eigenvalue weighted by molar-refractivity contribution is -0.274. The molecule has 0 saturated carbocycles. The second-order valence-corrected chi connectivity index (χ2v) is 7.96. The first-order valence-electron chi connectivity index (χ1n) is 11.2. The number of aryl methyl sites for hydroxylation is 1. The molecule has 3 N–H and O–H groups in total. The molecule has 2 aromatic rings. The van der Waals surface area contributed by atoms with Crippen LogP contribution < -0.4 is 20.3 Å². The number of hydrogen-bond donors (Lipinski definition) is 3. The van der Waals surface area contributed by atoms with Crippen molar-refractivity contribution in [1.29, 1.82) is 0 Å². The number of carbonyl (C=O) groups excluding carboxylic acids is 1. The van der Waals surface area contributed by atoms with E-state index in [4.69, 9.17) is 14.9 Å². The first-order chi connectivity index (χ1) is 17.2. The highest BCUT2D eigenvalue weighted by Gasteiger charge is 2.32. The van der Waals surface area contributed by atoms with Gasteiger partial charge in [-0.15, -0.1) is 13.2 Å². The second kappa shape index (κ2) is 12.2. The Labute approximate surface area is 205 Å². The molecule has 3 rings (SSSR count). The van der Waals surface area contributed by atoms with E-state index in [-0.39, 0.29) is 36.4 Å². The first-order valence-corrected chi connectivity index (χ1v) is 11.2. The Morgan fingerprint density at radius 1 is 1.19 bits per heavy atom. The summed E-state index contributed by atoms with van der Waals surface area (Å²) in [5, 5.41) is 14.6. The Bertz CT molecular complexity index is 1100. The summed E-state index contributed by atoms with van der Waals surface area (Å²) in [7, 11) is 1.60. The molecule has 1 aromatic heterocycles. The second-order valence-electron chi connectivity index (χ2n) is 7.96. The summed E-state index contributed by atoms with van der Waals surface area (Å²) < 4.78 is 41.5. The predicted molar refractivity (Wildman–Crippen MR) is 124 cm³/mol. The minimum atomic E-state index is -4.85. The Morgan fingerprint density at radius 3 is 2.64 bits per heavy atom. The van der Waals surface area contributed by atoms with Crippen LogP contribution in [0.25, 0.3) is 0 Å². The average molecular weight is 508 g/mol. The molecule has 194 valence electrons. The SMILES string of the molecule is CNC1=C(C(=O)NCCCO)CC(Cc2ccc(C)nc2)C(OOc2cccc(OC(F)(F)F)c2)=N1. The summed E-state index contributed by atoms with van der Waals surface area (Å²) in [6, 6.07) is 8.65. The van der Waals surface area contributed by atoms with Gasteiger partial charge in [0.15, 0.2) is 5.75 Å². The van der Waals surface area contributed by atoms with E-state index in [1.54, 1.807) is 13.2 Å². The van der Waals surface area contributed by atoms with E-state index in [1.165, 1.54) is 12.1 Å². The Morgan fingerprint density at radius 2 is 1.97 bits per heavy atom. The lowest BCUT2D eigenvalue weighted by Crippen LogP contribution is -2.35. The van der Waals surface area contributed by atoms with Gasteiger partial charge in [-0.05, 0) is 49.9 Å². The van der Waals surface area contributed by atoms with Crippen molar-refractivity contribution in [2.45, 2.75) is 32.5 Å². The number of ether oxygens (including phenoxy) is 1. The molecular formula is C24H27F3N4O5. The zero-order valence-corrected chi connectivity index (χ0v) is 19.8. The fourth-order valence-electron chi connectivity index (χ4n) is 3.46. The van der Waals surface area contributed by atoms with Gasteiger partial charge in [0.2, 0.25) is 0 Å². The van der Waals surface area contributed by atoms with Crippen LogP contribution >= 0.6 is 0 Å². The zero-order chi connectivity index (χ0) is 26.1. The fourth-order valence-corrected chi connectivity index (χ4v) is 3.46. The molecule has 1 aliphatic heterocycles. The molecule has 0 spiro atoms. The molecule has 1 amide bonds. The summed E-state index contributed by atoms with van der Waals surface area (Å²) in [6.45, 7) is 2.11. The van der Waals surface area contributed by atoms with E-state index in [0.717, 1.165) is 23.4 Å². The molecule has 0 saturated heterocycles. The summed E-state index contributed by atoms with van der Waals surface area (Å²) in [5.41, 5.74) is 2.11. The molecule has 0 bridgehead atoms. The predicted octanol–water partition coefficient (Wildman–Crippen LogP) is 3.19. The van der Waals surface area contributed by atoms with Crippen molar-refractivity contribution in [3.05, 3.63) is 65.2 Å². The van der Waals surface area contributed by atoms with Crippen LogP contribution in [-0.4, -0.2) is 48.5 Å². The Kier molecular flexibility index (Phi) is 9.12. The van der Waals surface area contributed by atoms with Crippen molar-refractivity contribution in [2.75, 3.05) is 20.2 Å². The maximum atomic E-state index is 12.8. The highest BCUT2D eigenvalue weighted by molar-refractivity contribution is 5.97. The molecule has 0 radical (unpaired) electrons. The van der Waals surface area contributed by atoms with Gasteiger partial charge in [-0.1, -0.05) is 12.1 Å². The number of nitrogens with zero attached hydrogens (tertiary/aromatic N) is 2. The summed E-state index contributed by atoms with van der Waals surface area (Å²) in [4.78, 5) is 32.2. The minimum absolute atomic E-state index is 0.0299. The van der Waals surface area contributed by atoms with Gasteiger partial charge in [-0.3, -0.25) is 19.6 Å². The van der Waals surface area contributed by atoms with Crippen LogP contribution in [-0.2, 0) is 16.1 Å². The van der Waals surface area contributed by atoms with E-state index < -0.39 is 18.0 Å². The van der Waals surface area contributed by atoms with Crippen LogP contribution in [0.3, 0.4) is 0 Å². The van der Waals surface area contributed by atoms with Crippen LogP contribution in [0.15, 0.2) is 59.0 Å². The maximum absolute atomic E-state index is 12.8. The summed E-state index contributed by atoms with van der Waals surface area (Å²) in [5.74, 6) is -0.858.